The molecule has 0 aromatic carbocycles. The van der Waals surface area contributed by atoms with Gasteiger partial charge in [0.05, 0.1) is 13.7 Å². The Labute approximate surface area is 108 Å². The molecule has 0 atom stereocenters. The Morgan fingerprint density at radius 1 is 1.39 bits per heavy atom. The minimum Gasteiger partial charge on any atom is -0.463 e. The molecule has 4 nitrogen and oxygen atoms in total. The minimum atomic E-state index is -0.415. The number of hydrogen-bond donors (Lipinski definition) is 0. The molecule has 1 fully saturated rings. The van der Waals surface area contributed by atoms with E-state index >= 15 is 0 Å². The van der Waals surface area contributed by atoms with Gasteiger partial charge in [-0.2, -0.15) is 0 Å². The molecule has 100 valence electrons. The highest BCUT2D eigenvalue weighted by Crippen LogP contribution is 2.23. The minimum absolute atomic E-state index is 0.282. The Morgan fingerprint density at radius 2 is 2.11 bits per heavy atom. The molecule has 1 aromatic rings. The molecule has 0 saturated heterocycles. The van der Waals surface area contributed by atoms with Crippen LogP contribution in [0.15, 0.2) is 16.5 Å². The molecule has 0 radical (unpaired) electrons. The zero-order chi connectivity index (χ0) is 13.0. The highest BCUT2D eigenvalue weighted by atomic mass is 16.5. The van der Waals surface area contributed by atoms with E-state index in [1.165, 1.54) is 39.2 Å². The van der Waals surface area contributed by atoms with Crippen molar-refractivity contribution in [2.75, 3.05) is 14.2 Å². The fraction of sp³-hybridized carbons (Fsp3) is 0.643. The summed E-state index contributed by atoms with van der Waals surface area (Å²) in [7, 11) is 3.48. The van der Waals surface area contributed by atoms with Crippen molar-refractivity contribution in [1.82, 2.24) is 4.90 Å². The van der Waals surface area contributed by atoms with Crippen LogP contribution in [0.5, 0.6) is 0 Å². The second-order valence-electron chi connectivity index (χ2n) is 4.96. The molecule has 18 heavy (non-hydrogen) atoms. The summed E-state index contributed by atoms with van der Waals surface area (Å²) >= 11 is 0. The number of furan rings is 1. The first-order valence-electron chi connectivity index (χ1n) is 6.58. The van der Waals surface area contributed by atoms with E-state index in [0.717, 1.165) is 12.3 Å². The summed E-state index contributed by atoms with van der Waals surface area (Å²) in [4.78, 5) is 13.6. The summed E-state index contributed by atoms with van der Waals surface area (Å²) in [6, 6.07) is 4.17. The average Bonchev–Trinajstić information content (AvgIpc) is 2.87. The van der Waals surface area contributed by atoms with Crippen molar-refractivity contribution in [2.45, 2.75) is 44.7 Å². The maximum Gasteiger partial charge on any atom is 0.373 e. The Bertz CT molecular complexity index is 393. The predicted molar refractivity (Wildman–Crippen MR) is 68.4 cm³/mol. The third-order valence-corrected chi connectivity index (χ3v) is 3.65. The Hall–Kier alpha value is -1.29. The van der Waals surface area contributed by atoms with Crippen molar-refractivity contribution in [3.63, 3.8) is 0 Å². The second kappa shape index (κ2) is 6.05. The molecular weight excluding hydrogens is 230 g/mol. The van der Waals surface area contributed by atoms with Crippen LogP contribution in [0.3, 0.4) is 0 Å². The fourth-order valence-corrected chi connectivity index (χ4v) is 2.57. The summed E-state index contributed by atoms with van der Waals surface area (Å²) in [5.74, 6) is 0.689. The maximum atomic E-state index is 11.3. The molecule has 0 amide bonds. The van der Waals surface area contributed by atoms with E-state index < -0.39 is 5.97 Å². The zero-order valence-electron chi connectivity index (χ0n) is 11.1. The van der Waals surface area contributed by atoms with Gasteiger partial charge in [-0.1, -0.05) is 19.3 Å². The van der Waals surface area contributed by atoms with Crippen LogP contribution < -0.4 is 0 Å². The lowest BCUT2D eigenvalue weighted by Gasteiger charge is -2.30. The number of hydrogen-bond acceptors (Lipinski definition) is 4. The van der Waals surface area contributed by atoms with E-state index in [4.69, 9.17) is 4.42 Å². The van der Waals surface area contributed by atoms with Gasteiger partial charge >= 0.3 is 5.97 Å². The van der Waals surface area contributed by atoms with Gasteiger partial charge in [-0.25, -0.2) is 4.79 Å². The van der Waals surface area contributed by atoms with Crippen LogP contribution in [-0.2, 0) is 11.3 Å². The standard InChI is InChI=1S/C14H21NO3/c1-15(11-6-4-3-5-7-11)10-12-8-9-13(18-12)14(16)17-2/h8-9,11H,3-7,10H2,1-2H3. The van der Waals surface area contributed by atoms with Gasteiger partial charge in [0.1, 0.15) is 5.76 Å². The summed E-state index contributed by atoms with van der Waals surface area (Å²) in [5, 5.41) is 0. The van der Waals surface area contributed by atoms with Crippen molar-refractivity contribution in [3.05, 3.63) is 23.7 Å². The first-order valence-corrected chi connectivity index (χ1v) is 6.58. The van der Waals surface area contributed by atoms with Crippen molar-refractivity contribution in [2.24, 2.45) is 0 Å². The predicted octanol–water partition coefficient (Wildman–Crippen LogP) is 2.83. The number of ether oxygens (including phenoxy) is 1. The Morgan fingerprint density at radius 3 is 2.78 bits per heavy atom. The largest absolute Gasteiger partial charge is 0.463 e. The summed E-state index contributed by atoms with van der Waals surface area (Å²) in [6.07, 6.45) is 6.53. The Balaban J connectivity index is 1.92. The maximum absolute atomic E-state index is 11.3. The summed E-state index contributed by atoms with van der Waals surface area (Å²) < 4.78 is 10.1. The van der Waals surface area contributed by atoms with Crippen molar-refractivity contribution < 1.29 is 13.9 Å². The van der Waals surface area contributed by atoms with E-state index in [0.29, 0.717) is 6.04 Å². The quantitative estimate of drug-likeness (QED) is 0.772. The van der Waals surface area contributed by atoms with Gasteiger partial charge in [0.15, 0.2) is 0 Å². The molecule has 1 aliphatic rings. The lowest BCUT2D eigenvalue weighted by molar-refractivity contribution is 0.0560. The topological polar surface area (TPSA) is 42.7 Å². The van der Waals surface area contributed by atoms with Crippen LogP contribution in [0.4, 0.5) is 0 Å². The van der Waals surface area contributed by atoms with Gasteiger partial charge in [0.2, 0.25) is 5.76 Å². The second-order valence-corrected chi connectivity index (χ2v) is 4.96. The van der Waals surface area contributed by atoms with Crippen LogP contribution >= 0.6 is 0 Å². The molecule has 1 heterocycles. The van der Waals surface area contributed by atoms with E-state index in [1.807, 2.05) is 6.07 Å². The van der Waals surface area contributed by atoms with Crippen LogP contribution in [-0.4, -0.2) is 31.1 Å². The number of nitrogens with zero attached hydrogens (tertiary/aromatic N) is 1. The van der Waals surface area contributed by atoms with Gasteiger partial charge < -0.3 is 9.15 Å². The number of methoxy groups -OCH3 is 1. The monoisotopic (exact) mass is 251 g/mol. The van der Waals surface area contributed by atoms with Gasteiger partial charge in [-0.15, -0.1) is 0 Å². The van der Waals surface area contributed by atoms with Gasteiger partial charge in [-0.05, 0) is 32.0 Å². The first-order chi connectivity index (χ1) is 8.70. The smallest absolute Gasteiger partial charge is 0.373 e. The van der Waals surface area contributed by atoms with E-state index in [-0.39, 0.29) is 5.76 Å². The van der Waals surface area contributed by atoms with Gasteiger partial charge in [0.25, 0.3) is 0 Å². The molecule has 1 aromatic heterocycles. The van der Waals surface area contributed by atoms with Crippen molar-refractivity contribution in [1.29, 1.82) is 0 Å². The van der Waals surface area contributed by atoms with Crippen LogP contribution in [0.1, 0.15) is 48.4 Å². The van der Waals surface area contributed by atoms with E-state index in [1.54, 1.807) is 6.07 Å². The van der Waals surface area contributed by atoms with Crippen molar-refractivity contribution in [3.8, 4) is 0 Å². The average molecular weight is 251 g/mol. The summed E-state index contributed by atoms with van der Waals surface area (Å²) in [5.41, 5.74) is 0. The summed E-state index contributed by atoms with van der Waals surface area (Å²) in [6.45, 7) is 0.752. The third-order valence-electron chi connectivity index (χ3n) is 3.65. The molecule has 1 aliphatic carbocycles. The third kappa shape index (κ3) is 3.13. The van der Waals surface area contributed by atoms with Gasteiger partial charge in [-0.3, -0.25) is 4.90 Å². The van der Waals surface area contributed by atoms with Crippen LogP contribution in [0.2, 0.25) is 0 Å². The van der Waals surface area contributed by atoms with Crippen LogP contribution in [0, 0.1) is 0 Å². The molecular formula is C14H21NO3. The van der Waals surface area contributed by atoms with Gasteiger partial charge in [0, 0.05) is 6.04 Å². The van der Waals surface area contributed by atoms with E-state index in [9.17, 15) is 4.79 Å². The molecule has 0 unspecified atom stereocenters. The lowest BCUT2D eigenvalue weighted by Crippen LogP contribution is -2.32. The SMILES string of the molecule is COC(=O)c1ccc(CN(C)C2CCCCC2)o1. The number of esters is 1. The molecule has 0 bridgehead atoms. The normalized spacial score (nSPS) is 17.1. The first kappa shape index (κ1) is 13.1. The molecule has 0 N–H and O–H groups in total. The number of carbonyl (C=O) groups is 1. The molecule has 0 aliphatic heterocycles. The number of carbonyl (C=O) groups excluding carboxylic acids is 1. The highest BCUT2D eigenvalue weighted by Gasteiger charge is 2.19. The highest BCUT2D eigenvalue weighted by molar-refractivity contribution is 5.86. The molecule has 0 spiro atoms. The fourth-order valence-electron chi connectivity index (χ4n) is 2.57. The lowest BCUT2D eigenvalue weighted by atomic mass is 9.94. The Kier molecular flexibility index (Phi) is 4.42. The van der Waals surface area contributed by atoms with E-state index in [2.05, 4.69) is 16.7 Å². The molecule has 2 rings (SSSR count). The number of rotatable bonds is 4. The molecule has 1 saturated carbocycles. The van der Waals surface area contributed by atoms with Crippen molar-refractivity contribution >= 4 is 5.97 Å². The molecule has 4 heteroatoms. The van der Waals surface area contributed by atoms with Crippen LogP contribution in [0.25, 0.3) is 0 Å². The zero-order valence-corrected chi connectivity index (χ0v) is 11.1.